The molecule has 0 saturated carbocycles. The van der Waals surface area contributed by atoms with Gasteiger partial charge in [-0.3, -0.25) is 14.4 Å². The van der Waals surface area contributed by atoms with Gasteiger partial charge < -0.3 is 5.11 Å². The van der Waals surface area contributed by atoms with Crippen LogP contribution in [0.2, 0.25) is 0 Å². The molecule has 2 amide bonds. The number of anilines is 2. The number of hydrogen-bond donors (Lipinski definition) is 1. The third-order valence-electron chi connectivity index (χ3n) is 5.69. The second-order valence-corrected chi connectivity index (χ2v) is 8.63. The summed E-state index contributed by atoms with van der Waals surface area (Å²) in [6, 6.07) is 20.9. The summed E-state index contributed by atoms with van der Waals surface area (Å²) in [4.78, 5) is 34.2. The van der Waals surface area contributed by atoms with E-state index in [0.29, 0.717) is 16.9 Å². The SMILES string of the molecule is Cc1cccc(N2C(=O)[C@@H]3[C@H](ON(c4ccccc4)[C@H]3c3cc(Br)ccc3O)C2=O)c1. The van der Waals surface area contributed by atoms with Gasteiger partial charge in [-0.1, -0.05) is 46.3 Å². The minimum Gasteiger partial charge on any atom is -0.508 e. The van der Waals surface area contributed by atoms with E-state index in [1.54, 1.807) is 35.4 Å². The summed E-state index contributed by atoms with van der Waals surface area (Å²) in [6.07, 6.45) is -0.975. The van der Waals surface area contributed by atoms with Gasteiger partial charge in [-0.05, 0) is 55.0 Å². The summed E-state index contributed by atoms with van der Waals surface area (Å²) in [5.41, 5.74) is 2.68. The summed E-state index contributed by atoms with van der Waals surface area (Å²) in [5.74, 6) is -1.51. The summed E-state index contributed by atoms with van der Waals surface area (Å²) in [6.45, 7) is 1.91. The minimum atomic E-state index is -0.975. The molecule has 2 saturated heterocycles. The molecule has 5 rings (SSSR count). The molecular weight excluding hydrogens is 460 g/mol. The first-order valence-corrected chi connectivity index (χ1v) is 10.7. The van der Waals surface area contributed by atoms with Crippen molar-refractivity contribution in [1.29, 1.82) is 0 Å². The Hall–Kier alpha value is -3.16. The number of nitrogens with zero attached hydrogens (tertiary/aromatic N) is 2. The number of aromatic hydroxyl groups is 1. The van der Waals surface area contributed by atoms with Crippen molar-refractivity contribution in [1.82, 2.24) is 0 Å². The fraction of sp³-hybridized carbons (Fsp3) is 0.167. The van der Waals surface area contributed by atoms with E-state index in [1.165, 1.54) is 4.90 Å². The van der Waals surface area contributed by atoms with Gasteiger partial charge in [-0.25, -0.2) is 9.96 Å². The highest BCUT2D eigenvalue weighted by Crippen LogP contribution is 2.49. The highest BCUT2D eigenvalue weighted by Gasteiger charge is 2.60. The van der Waals surface area contributed by atoms with Crippen LogP contribution in [-0.4, -0.2) is 23.0 Å². The van der Waals surface area contributed by atoms with E-state index in [4.69, 9.17) is 4.84 Å². The normalized spacial score (nSPS) is 22.8. The van der Waals surface area contributed by atoms with Crippen LogP contribution in [0.15, 0.2) is 77.3 Å². The number of phenolic OH excluding ortho intramolecular Hbond substituents is 1. The molecule has 2 fully saturated rings. The molecule has 7 heteroatoms. The number of benzene rings is 3. The Balaban J connectivity index is 1.63. The fourth-order valence-electron chi connectivity index (χ4n) is 4.31. The Morgan fingerprint density at radius 1 is 0.903 bits per heavy atom. The maximum Gasteiger partial charge on any atom is 0.266 e. The van der Waals surface area contributed by atoms with Crippen molar-refractivity contribution in [2.45, 2.75) is 19.1 Å². The number of carbonyl (C=O) groups is 2. The molecule has 3 aromatic carbocycles. The minimum absolute atomic E-state index is 0.0348. The van der Waals surface area contributed by atoms with Crippen LogP contribution < -0.4 is 9.96 Å². The lowest BCUT2D eigenvalue weighted by atomic mass is 9.90. The molecule has 2 aliphatic heterocycles. The molecule has 0 radical (unpaired) electrons. The average molecular weight is 479 g/mol. The topological polar surface area (TPSA) is 70.1 Å². The number of amides is 2. The number of carbonyl (C=O) groups excluding carboxylic acids is 2. The van der Waals surface area contributed by atoms with Crippen molar-refractivity contribution in [3.8, 4) is 5.75 Å². The fourth-order valence-corrected chi connectivity index (χ4v) is 4.69. The predicted octanol–water partition coefficient (Wildman–Crippen LogP) is 4.51. The molecule has 31 heavy (non-hydrogen) atoms. The zero-order chi connectivity index (χ0) is 21.7. The van der Waals surface area contributed by atoms with Crippen molar-refractivity contribution < 1.29 is 19.5 Å². The molecule has 2 heterocycles. The first-order chi connectivity index (χ1) is 15.0. The number of para-hydroxylation sites is 1. The maximum atomic E-state index is 13.6. The van der Waals surface area contributed by atoms with Gasteiger partial charge >= 0.3 is 0 Å². The van der Waals surface area contributed by atoms with Gasteiger partial charge in [0.25, 0.3) is 5.91 Å². The Bertz CT molecular complexity index is 1180. The Kier molecular flexibility index (Phi) is 4.79. The largest absolute Gasteiger partial charge is 0.508 e. The van der Waals surface area contributed by atoms with Crippen LogP contribution in [0, 0.1) is 12.8 Å². The van der Waals surface area contributed by atoms with Gasteiger partial charge in [-0.2, -0.15) is 0 Å². The van der Waals surface area contributed by atoms with Gasteiger partial charge in [0.05, 0.1) is 17.4 Å². The van der Waals surface area contributed by atoms with Crippen molar-refractivity contribution in [2.24, 2.45) is 5.92 Å². The number of hydroxylamine groups is 1. The van der Waals surface area contributed by atoms with E-state index in [1.807, 2.05) is 49.4 Å². The van der Waals surface area contributed by atoms with Crippen LogP contribution in [0.1, 0.15) is 17.2 Å². The molecule has 0 spiro atoms. The molecule has 0 bridgehead atoms. The first-order valence-electron chi connectivity index (χ1n) is 9.89. The smallest absolute Gasteiger partial charge is 0.266 e. The summed E-state index contributed by atoms with van der Waals surface area (Å²) in [5, 5.41) is 12.2. The number of aryl methyl sites for hydroxylation is 1. The van der Waals surface area contributed by atoms with E-state index >= 15 is 0 Å². The van der Waals surface area contributed by atoms with E-state index in [0.717, 1.165) is 10.0 Å². The van der Waals surface area contributed by atoms with Crippen LogP contribution in [-0.2, 0) is 14.4 Å². The summed E-state index contributed by atoms with van der Waals surface area (Å²) >= 11 is 3.44. The van der Waals surface area contributed by atoms with E-state index in [9.17, 15) is 14.7 Å². The number of imide groups is 1. The van der Waals surface area contributed by atoms with Crippen LogP contribution in [0.4, 0.5) is 11.4 Å². The van der Waals surface area contributed by atoms with Gasteiger partial charge in [0, 0.05) is 10.0 Å². The number of halogens is 1. The highest BCUT2D eigenvalue weighted by molar-refractivity contribution is 9.10. The maximum absolute atomic E-state index is 13.6. The lowest BCUT2D eigenvalue weighted by Crippen LogP contribution is -2.37. The second kappa shape index (κ2) is 7.51. The van der Waals surface area contributed by atoms with Crippen LogP contribution in [0.3, 0.4) is 0 Å². The van der Waals surface area contributed by atoms with E-state index in [-0.39, 0.29) is 11.7 Å². The lowest BCUT2D eigenvalue weighted by molar-refractivity contribution is -0.126. The van der Waals surface area contributed by atoms with Crippen LogP contribution in [0.25, 0.3) is 0 Å². The first kappa shape index (κ1) is 19.8. The van der Waals surface area contributed by atoms with Crippen LogP contribution in [0.5, 0.6) is 5.75 Å². The Labute approximate surface area is 187 Å². The molecule has 6 nitrogen and oxygen atoms in total. The zero-order valence-electron chi connectivity index (χ0n) is 16.6. The molecule has 2 aliphatic rings. The van der Waals surface area contributed by atoms with E-state index < -0.39 is 24.0 Å². The van der Waals surface area contributed by atoms with Crippen molar-refractivity contribution in [2.75, 3.05) is 9.96 Å². The number of fused-ring (bicyclic) bond motifs is 1. The molecule has 3 aromatic rings. The average Bonchev–Trinajstić information content (AvgIpc) is 3.26. The van der Waals surface area contributed by atoms with Crippen molar-refractivity contribution in [3.63, 3.8) is 0 Å². The molecule has 0 aliphatic carbocycles. The Morgan fingerprint density at radius 2 is 1.65 bits per heavy atom. The second-order valence-electron chi connectivity index (χ2n) is 7.71. The highest BCUT2D eigenvalue weighted by atomic mass is 79.9. The van der Waals surface area contributed by atoms with E-state index in [2.05, 4.69) is 15.9 Å². The zero-order valence-corrected chi connectivity index (χ0v) is 18.2. The molecular formula is C24H19BrN2O4. The third-order valence-corrected chi connectivity index (χ3v) is 6.19. The lowest BCUT2D eigenvalue weighted by Gasteiger charge is -2.29. The Morgan fingerprint density at radius 3 is 2.39 bits per heavy atom. The third kappa shape index (κ3) is 3.21. The number of hydrogen-bond acceptors (Lipinski definition) is 5. The van der Waals surface area contributed by atoms with Gasteiger partial charge in [0.2, 0.25) is 5.91 Å². The molecule has 156 valence electrons. The quantitative estimate of drug-likeness (QED) is 0.560. The molecule has 0 unspecified atom stereocenters. The molecule has 3 atom stereocenters. The monoisotopic (exact) mass is 478 g/mol. The van der Waals surface area contributed by atoms with Gasteiger partial charge in [0.15, 0.2) is 6.10 Å². The van der Waals surface area contributed by atoms with Crippen LogP contribution >= 0.6 is 15.9 Å². The molecule has 1 N–H and O–H groups in total. The molecule has 0 aromatic heterocycles. The van der Waals surface area contributed by atoms with Crippen molar-refractivity contribution >= 4 is 39.1 Å². The number of rotatable bonds is 3. The predicted molar refractivity (Wildman–Crippen MR) is 120 cm³/mol. The standard InChI is InChI=1S/C24H19BrN2O4/c1-14-6-5-9-17(12-14)26-23(29)20-21(18-13-15(25)10-11-19(18)28)27(31-22(20)24(26)30)16-7-3-2-4-8-16/h2-13,20-22,28H,1H3/t20-,21-,22-/m0/s1. The summed E-state index contributed by atoms with van der Waals surface area (Å²) < 4.78 is 0.754. The summed E-state index contributed by atoms with van der Waals surface area (Å²) in [7, 11) is 0. The van der Waals surface area contributed by atoms with Gasteiger partial charge in [0.1, 0.15) is 11.7 Å². The van der Waals surface area contributed by atoms with Gasteiger partial charge in [-0.15, -0.1) is 0 Å². The number of phenols is 1. The van der Waals surface area contributed by atoms with Crippen molar-refractivity contribution in [3.05, 3.63) is 88.4 Å².